The second-order valence-electron chi connectivity index (χ2n) is 32.0. The van der Waals surface area contributed by atoms with Crippen LogP contribution in [-0.4, -0.2) is 13.4 Å². The molecule has 20 rings (SSSR count). The molecule has 16 aromatic carbocycles. The highest BCUT2D eigenvalue weighted by Crippen LogP contribution is 2.56. The maximum atomic E-state index is 2.72. The van der Waals surface area contributed by atoms with E-state index in [0.29, 0.717) is 0 Å². The van der Waals surface area contributed by atoms with Crippen LogP contribution in [0.4, 0.5) is 85.3 Å². The molecular weight excluding hydrogens is 1370 g/mol. The summed E-state index contributed by atoms with van der Waals surface area (Å²) in [6, 6.07) is 144. The number of rotatable bonds is 13. The molecule has 0 atom stereocenters. The van der Waals surface area contributed by atoms with Gasteiger partial charge in [-0.2, -0.15) is 0 Å². The first-order valence-corrected chi connectivity index (χ1v) is 39.9. The maximum absolute atomic E-state index is 2.72. The lowest BCUT2D eigenvalue weighted by atomic mass is 9.31. The number of benzene rings is 16. The lowest BCUT2D eigenvalue weighted by Gasteiger charge is -2.47. The molecule has 0 spiro atoms. The van der Waals surface area contributed by atoms with Crippen LogP contribution in [0.15, 0.2) is 392 Å². The van der Waals surface area contributed by atoms with Crippen molar-refractivity contribution < 1.29 is 0 Å². The molecule has 0 radical (unpaired) electrons. The van der Waals surface area contributed by atoms with Crippen LogP contribution in [0.3, 0.4) is 0 Å². The van der Waals surface area contributed by atoms with Crippen molar-refractivity contribution in [3.05, 3.63) is 393 Å². The quantitative estimate of drug-likeness (QED) is 0.106. The second-order valence-corrected chi connectivity index (χ2v) is 33.0. The Balaban J connectivity index is 0.917. The second kappa shape index (κ2) is 27.5. The summed E-state index contributed by atoms with van der Waals surface area (Å²) in [5.41, 5.74) is 35.7. The molecule has 0 aromatic heterocycles. The van der Waals surface area contributed by atoms with Crippen molar-refractivity contribution in [2.75, 3.05) is 24.5 Å². The van der Waals surface area contributed by atoms with E-state index in [1.807, 2.05) is 11.8 Å². The van der Waals surface area contributed by atoms with Crippen molar-refractivity contribution in [1.82, 2.24) is 0 Å². The summed E-state index contributed by atoms with van der Waals surface area (Å²) in [6.45, 7) is 13.4. The van der Waals surface area contributed by atoms with Crippen LogP contribution in [0.2, 0.25) is 0 Å². The summed E-state index contributed by atoms with van der Waals surface area (Å²) in [5, 5.41) is 0. The van der Waals surface area contributed by atoms with Crippen molar-refractivity contribution in [2.24, 2.45) is 0 Å². The van der Waals surface area contributed by atoms with E-state index in [1.165, 1.54) is 59.4 Å². The Morgan fingerprint density at radius 1 is 0.250 bits per heavy atom. The minimum atomic E-state index is -0.262. The van der Waals surface area contributed by atoms with Crippen LogP contribution >= 0.6 is 11.8 Å². The highest BCUT2D eigenvalue weighted by molar-refractivity contribution is 8.00. The number of nitrogens with zero attached hydrogens (tertiary/aromatic N) is 5. The first kappa shape index (κ1) is 68.3. The van der Waals surface area contributed by atoms with Gasteiger partial charge in [0.2, 0.25) is 6.71 Å². The van der Waals surface area contributed by atoms with Crippen molar-refractivity contribution >= 4 is 143 Å². The van der Waals surface area contributed by atoms with E-state index < -0.39 is 0 Å². The van der Waals surface area contributed by atoms with Crippen molar-refractivity contribution in [1.29, 1.82) is 0 Å². The van der Waals surface area contributed by atoms with Crippen LogP contribution in [-0.2, 0) is 10.8 Å². The van der Waals surface area contributed by atoms with Gasteiger partial charge in [-0.1, -0.05) is 338 Å². The highest BCUT2D eigenvalue weighted by atomic mass is 32.2. The van der Waals surface area contributed by atoms with E-state index in [9.17, 15) is 0 Å². The third kappa shape index (κ3) is 11.7. The molecule has 112 heavy (non-hydrogen) atoms. The van der Waals surface area contributed by atoms with Gasteiger partial charge in [-0.25, -0.2) is 0 Å². The summed E-state index contributed by atoms with van der Waals surface area (Å²) in [6.07, 6.45) is 0. The molecule has 534 valence electrons. The van der Waals surface area contributed by atoms with Gasteiger partial charge < -0.3 is 24.5 Å². The molecule has 4 heterocycles. The lowest BCUT2D eigenvalue weighted by Crippen LogP contribution is -2.64. The fourth-order valence-electron chi connectivity index (χ4n) is 17.9. The Morgan fingerprint density at radius 3 is 1.20 bits per heavy atom. The minimum absolute atomic E-state index is 0.0200. The monoisotopic (exact) mass is 1450 g/mol. The molecule has 5 nitrogen and oxygen atoms in total. The van der Waals surface area contributed by atoms with Crippen LogP contribution in [0.5, 0.6) is 0 Å². The van der Waals surface area contributed by atoms with Crippen molar-refractivity contribution in [3.63, 3.8) is 0 Å². The van der Waals surface area contributed by atoms with Gasteiger partial charge in [0.1, 0.15) is 0 Å². The van der Waals surface area contributed by atoms with Gasteiger partial charge in [-0.05, 0) is 175 Å². The van der Waals surface area contributed by atoms with Crippen LogP contribution in [0.1, 0.15) is 52.7 Å². The lowest BCUT2D eigenvalue weighted by molar-refractivity contribution is 0.590. The third-order valence-electron chi connectivity index (χ3n) is 23.2. The predicted octanol–water partition coefficient (Wildman–Crippen LogP) is 24.7. The largest absolute Gasteiger partial charge is 0.311 e. The zero-order valence-corrected chi connectivity index (χ0v) is 64.5. The maximum Gasteiger partial charge on any atom is 0.252 e. The molecule has 0 fully saturated rings. The number of para-hydroxylation sites is 9. The summed E-state index contributed by atoms with van der Waals surface area (Å²) in [5.74, 6) is 0. The average molecular weight is 1450 g/mol. The van der Waals surface area contributed by atoms with E-state index in [4.69, 9.17) is 0 Å². The van der Waals surface area contributed by atoms with Gasteiger partial charge in [0.15, 0.2) is 0 Å². The van der Waals surface area contributed by atoms with Gasteiger partial charge in [0.25, 0.3) is 6.71 Å². The smallest absolute Gasteiger partial charge is 0.252 e. The number of hydrogen-bond acceptors (Lipinski definition) is 6. The first-order chi connectivity index (χ1) is 54.9. The molecule has 16 aromatic rings. The zero-order valence-electron chi connectivity index (χ0n) is 63.7. The van der Waals surface area contributed by atoms with E-state index >= 15 is 0 Å². The fourth-order valence-corrected chi connectivity index (χ4v) is 19.2. The van der Waals surface area contributed by atoms with Gasteiger partial charge in [-0.3, -0.25) is 0 Å². The van der Waals surface area contributed by atoms with E-state index in [2.05, 4.69) is 448 Å². The van der Waals surface area contributed by atoms with Gasteiger partial charge in [0.05, 0.1) is 22.7 Å². The Hall–Kier alpha value is -13.0. The molecule has 0 unspecified atom stereocenters. The highest BCUT2D eigenvalue weighted by Gasteiger charge is 2.49. The molecule has 0 aliphatic carbocycles. The Bertz CT molecular complexity index is 6170. The van der Waals surface area contributed by atoms with Gasteiger partial charge in [-0.15, -0.1) is 0 Å². The van der Waals surface area contributed by atoms with E-state index in [1.54, 1.807) is 0 Å². The Labute approximate surface area is 663 Å². The standard InChI is InChI=1S/C104H81B2N5S/c1-103(2,3)74-60-56-72(57-61-74)82-46-25-29-52-90(82)108(78-42-21-11-22-43-78)80-64-95-100-96(65-80)111(102-84(70-34-13-7-14-35-70)48-33-49-85(102)71-36-15-8-16-37-71)94-69-98-89(68-88(94)105(100)87-51-28-32-55-93(87)110(95)91-53-30-26-47-83(91)73-58-62-75(63-59-73)104(4,5)6)106-86-50-27-31-54-92(86)109(79-44-23-12-24-45-79)97-66-81(67-99(112-98)101(97)106)107(76-38-17-9-18-39-76)77-40-19-10-20-41-77/h7-69H,1-6H3. The normalized spacial score (nSPS) is 13.0. The summed E-state index contributed by atoms with van der Waals surface area (Å²) < 4.78 is 0. The molecule has 4 aliphatic heterocycles. The van der Waals surface area contributed by atoms with E-state index in [-0.39, 0.29) is 24.3 Å². The molecule has 0 bridgehead atoms. The fraction of sp³-hybridized carbons (Fsp3) is 0.0769. The van der Waals surface area contributed by atoms with E-state index in [0.717, 1.165) is 124 Å². The van der Waals surface area contributed by atoms with Crippen molar-refractivity contribution in [2.45, 2.75) is 62.2 Å². The summed E-state index contributed by atoms with van der Waals surface area (Å²) >= 11 is 1.91. The number of hydrogen-bond donors (Lipinski definition) is 0. The van der Waals surface area contributed by atoms with Crippen LogP contribution in [0, 0.1) is 0 Å². The first-order valence-electron chi connectivity index (χ1n) is 39.1. The summed E-state index contributed by atoms with van der Waals surface area (Å²) in [4.78, 5) is 15.3. The molecule has 4 aliphatic rings. The molecule has 8 heteroatoms. The minimum Gasteiger partial charge on any atom is -0.311 e. The molecule has 0 saturated heterocycles. The van der Waals surface area contributed by atoms with Crippen LogP contribution < -0.4 is 57.3 Å². The number of fused-ring (bicyclic) bond motifs is 8. The molecule has 0 amide bonds. The number of anilines is 15. The molecule has 0 saturated carbocycles. The van der Waals surface area contributed by atoms with Crippen LogP contribution in [0.25, 0.3) is 44.5 Å². The molecular formula is C104H81B2N5S. The predicted molar refractivity (Wildman–Crippen MR) is 479 cm³/mol. The Kier molecular flexibility index (Phi) is 16.8. The van der Waals surface area contributed by atoms with Gasteiger partial charge >= 0.3 is 0 Å². The topological polar surface area (TPSA) is 16.2 Å². The average Bonchev–Trinajstić information content (AvgIpc) is 0.673. The van der Waals surface area contributed by atoms with Gasteiger partial charge in [0, 0.05) is 94.6 Å². The summed E-state index contributed by atoms with van der Waals surface area (Å²) in [7, 11) is 0. The van der Waals surface area contributed by atoms with Crippen molar-refractivity contribution in [3.8, 4) is 44.5 Å². The Morgan fingerprint density at radius 2 is 0.652 bits per heavy atom. The molecule has 0 N–H and O–H groups in total. The zero-order chi connectivity index (χ0) is 75.3. The SMILES string of the molecule is CC(C)(C)c1ccc(-c2ccccc2N(c2ccccc2)c2cc3c4c(c2)N(c2c(-c5ccccc5)cccc2-c2ccccc2)c2cc5c(cc2B4c2ccccc2N3c2ccccc2-c2ccc(C(C)(C)C)cc2)B2c3ccccc3N(c3ccccc3)c3cc(N(c4ccccc4)c4ccccc4)cc(c32)S5)cc1. The third-order valence-corrected chi connectivity index (χ3v) is 24.3.